The molecule has 2 aliphatic rings. The van der Waals surface area contributed by atoms with Gasteiger partial charge in [0.2, 0.25) is 0 Å². The van der Waals surface area contributed by atoms with Gasteiger partial charge in [0.15, 0.2) is 5.79 Å². The highest BCUT2D eigenvalue weighted by Gasteiger charge is 2.54. The Bertz CT molecular complexity index is 250. The Balaban J connectivity index is 2.09. The smallest absolute Gasteiger partial charge is 0.259 e. The summed E-state index contributed by atoms with van der Waals surface area (Å²) in [7, 11) is 1.35. The third-order valence-electron chi connectivity index (χ3n) is 2.85. The van der Waals surface area contributed by atoms with E-state index in [9.17, 15) is 5.11 Å². The Hall–Kier alpha value is -0.240. The molecule has 2 heterocycles. The van der Waals surface area contributed by atoms with Gasteiger partial charge in [-0.05, 0) is 13.8 Å². The lowest BCUT2D eigenvalue weighted by molar-refractivity contribution is -0.324. The topological polar surface area (TPSA) is 66.1 Å². The van der Waals surface area contributed by atoms with E-state index in [-0.39, 0.29) is 20.0 Å². The van der Waals surface area contributed by atoms with E-state index in [0.29, 0.717) is 0 Å². The Morgan fingerprint density at radius 3 is 2.50 bits per heavy atom. The van der Waals surface area contributed by atoms with Crippen molar-refractivity contribution in [3.63, 3.8) is 0 Å². The van der Waals surface area contributed by atoms with Crippen LogP contribution in [0.15, 0.2) is 0 Å². The molecule has 3 atom stereocenters. The second kappa shape index (κ2) is 4.21. The first kappa shape index (κ1) is 12.2. The fraction of sp³-hybridized carbons (Fsp3) is 1.00. The number of hydrogen-bond donors (Lipinski definition) is 0. The molecule has 93 valence electrons. The number of ether oxygens (including phenoxy) is 5. The molecule has 2 rings (SSSR count). The lowest BCUT2D eigenvalue weighted by Gasteiger charge is -2.32. The standard InChI is InChI=1S/C10H17O6/c1-9(2)15-5-8(16-9)10(11,12-3)7-4-13-6-14-7/h7-8H,4-6H2,1-3H3. The van der Waals surface area contributed by atoms with Crippen LogP contribution in [0.5, 0.6) is 0 Å². The normalized spacial score (nSPS) is 37.5. The summed E-state index contributed by atoms with van der Waals surface area (Å²) >= 11 is 0. The fourth-order valence-electron chi connectivity index (χ4n) is 1.92. The van der Waals surface area contributed by atoms with Crippen molar-refractivity contribution in [2.24, 2.45) is 0 Å². The van der Waals surface area contributed by atoms with Crippen LogP contribution in [0.25, 0.3) is 0 Å². The molecule has 2 fully saturated rings. The quantitative estimate of drug-likeness (QED) is 0.655. The van der Waals surface area contributed by atoms with E-state index < -0.39 is 23.8 Å². The lowest BCUT2D eigenvalue weighted by Crippen LogP contribution is -2.55. The molecule has 1 radical (unpaired) electrons. The van der Waals surface area contributed by atoms with Gasteiger partial charge in [-0.2, -0.15) is 5.11 Å². The maximum Gasteiger partial charge on any atom is 0.259 e. The highest BCUT2D eigenvalue weighted by molar-refractivity contribution is 4.91. The van der Waals surface area contributed by atoms with E-state index in [0.717, 1.165) is 0 Å². The van der Waals surface area contributed by atoms with Gasteiger partial charge in [-0.1, -0.05) is 0 Å². The monoisotopic (exact) mass is 233 g/mol. The zero-order valence-electron chi connectivity index (χ0n) is 9.73. The lowest BCUT2D eigenvalue weighted by atomic mass is 10.0. The summed E-state index contributed by atoms with van der Waals surface area (Å²) in [6.07, 6.45) is -1.36. The molecule has 0 spiro atoms. The Labute approximate surface area is 94.4 Å². The van der Waals surface area contributed by atoms with Gasteiger partial charge >= 0.3 is 0 Å². The third-order valence-corrected chi connectivity index (χ3v) is 2.85. The molecule has 0 aliphatic carbocycles. The van der Waals surface area contributed by atoms with Crippen LogP contribution in [0.4, 0.5) is 0 Å². The van der Waals surface area contributed by atoms with Crippen molar-refractivity contribution in [2.45, 2.75) is 37.6 Å². The van der Waals surface area contributed by atoms with Crippen LogP contribution in [0, 0.1) is 0 Å². The van der Waals surface area contributed by atoms with Crippen LogP contribution in [0.2, 0.25) is 0 Å². The van der Waals surface area contributed by atoms with Crippen molar-refractivity contribution >= 4 is 0 Å². The van der Waals surface area contributed by atoms with Gasteiger partial charge in [0.1, 0.15) is 19.0 Å². The molecule has 0 aromatic heterocycles. The summed E-state index contributed by atoms with van der Waals surface area (Å²) in [5, 5.41) is 12.5. The first-order chi connectivity index (χ1) is 7.48. The van der Waals surface area contributed by atoms with Gasteiger partial charge in [-0.3, -0.25) is 0 Å². The minimum Gasteiger partial charge on any atom is -0.352 e. The predicted molar refractivity (Wildman–Crippen MR) is 51.0 cm³/mol. The zero-order chi connectivity index (χ0) is 11.8. The summed E-state index contributed by atoms with van der Waals surface area (Å²) in [6, 6.07) is 0. The number of hydrogen-bond acceptors (Lipinski definition) is 5. The fourth-order valence-corrected chi connectivity index (χ4v) is 1.92. The average Bonchev–Trinajstić information content (AvgIpc) is 2.86. The molecule has 6 nitrogen and oxygen atoms in total. The van der Waals surface area contributed by atoms with E-state index in [2.05, 4.69) is 0 Å². The maximum atomic E-state index is 12.5. The van der Waals surface area contributed by atoms with E-state index in [1.165, 1.54) is 7.11 Å². The molecule has 2 aliphatic heterocycles. The minimum atomic E-state index is -1.79. The molecule has 16 heavy (non-hydrogen) atoms. The van der Waals surface area contributed by atoms with Gasteiger partial charge in [-0.25, -0.2) is 0 Å². The molecule has 2 saturated heterocycles. The Kier molecular flexibility index (Phi) is 3.22. The second-order valence-corrected chi connectivity index (χ2v) is 4.39. The molecule has 0 bridgehead atoms. The first-order valence-electron chi connectivity index (χ1n) is 5.24. The van der Waals surface area contributed by atoms with E-state index in [4.69, 9.17) is 23.7 Å². The van der Waals surface area contributed by atoms with Crippen LogP contribution >= 0.6 is 0 Å². The highest BCUT2D eigenvalue weighted by Crippen LogP contribution is 2.34. The van der Waals surface area contributed by atoms with Crippen LogP contribution in [-0.4, -0.2) is 50.9 Å². The summed E-state index contributed by atoms with van der Waals surface area (Å²) in [4.78, 5) is 0. The summed E-state index contributed by atoms with van der Waals surface area (Å²) in [5.74, 6) is -2.54. The van der Waals surface area contributed by atoms with Crippen LogP contribution in [-0.2, 0) is 28.8 Å². The first-order valence-corrected chi connectivity index (χ1v) is 5.24. The molecule has 0 N–H and O–H groups in total. The second-order valence-electron chi connectivity index (χ2n) is 4.39. The van der Waals surface area contributed by atoms with Crippen molar-refractivity contribution in [1.29, 1.82) is 0 Å². The van der Waals surface area contributed by atoms with Gasteiger partial charge in [0, 0.05) is 7.11 Å². The van der Waals surface area contributed by atoms with E-state index in [1.807, 2.05) is 0 Å². The van der Waals surface area contributed by atoms with Crippen LogP contribution in [0.3, 0.4) is 0 Å². The van der Waals surface area contributed by atoms with Crippen LogP contribution in [0.1, 0.15) is 13.8 Å². The summed E-state index contributed by atoms with van der Waals surface area (Å²) in [5.41, 5.74) is 0. The SMILES string of the molecule is COC([O])(C1COCO1)C1COC(C)(C)O1. The van der Waals surface area contributed by atoms with E-state index >= 15 is 0 Å². The van der Waals surface area contributed by atoms with E-state index in [1.54, 1.807) is 13.8 Å². The third kappa shape index (κ3) is 2.09. The molecular formula is C10H17O6. The number of rotatable bonds is 3. The van der Waals surface area contributed by atoms with Crippen molar-refractivity contribution in [3.05, 3.63) is 0 Å². The number of methoxy groups -OCH3 is 1. The highest BCUT2D eigenvalue weighted by atomic mass is 16.8. The summed E-state index contributed by atoms with van der Waals surface area (Å²) in [6.45, 7) is 4.06. The van der Waals surface area contributed by atoms with Crippen molar-refractivity contribution in [2.75, 3.05) is 27.1 Å². The average molecular weight is 233 g/mol. The zero-order valence-corrected chi connectivity index (χ0v) is 9.73. The molecule has 3 unspecified atom stereocenters. The Morgan fingerprint density at radius 2 is 2.06 bits per heavy atom. The van der Waals surface area contributed by atoms with Crippen molar-refractivity contribution in [3.8, 4) is 0 Å². The van der Waals surface area contributed by atoms with Gasteiger partial charge < -0.3 is 23.7 Å². The molecular weight excluding hydrogens is 216 g/mol. The van der Waals surface area contributed by atoms with Crippen molar-refractivity contribution in [1.82, 2.24) is 0 Å². The minimum absolute atomic E-state index is 0.120. The molecule has 0 aromatic rings. The Morgan fingerprint density at radius 1 is 1.31 bits per heavy atom. The van der Waals surface area contributed by atoms with Gasteiger partial charge in [-0.15, -0.1) is 0 Å². The predicted octanol–water partition coefficient (Wildman–Crippen LogP) is 0.284. The van der Waals surface area contributed by atoms with Crippen LogP contribution < -0.4 is 0 Å². The van der Waals surface area contributed by atoms with Gasteiger partial charge in [0.05, 0.1) is 13.2 Å². The molecule has 0 amide bonds. The maximum absolute atomic E-state index is 12.5. The van der Waals surface area contributed by atoms with Crippen molar-refractivity contribution < 1.29 is 28.8 Å². The molecule has 0 saturated carbocycles. The molecule has 0 aromatic carbocycles. The molecule has 6 heteroatoms. The largest absolute Gasteiger partial charge is 0.352 e. The summed E-state index contributed by atoms with van der Waals surface area (Å²) < 4.78 is 26.1. The van der Waals surface area contributed by atoms with Gasteiger partial charge in [0.25, 0.3) is 5.79 Å².